The van der Waals surface area contributed by atoms with E-state index in [9.17, 15) is 4.79 Å². The lowest BCUT2D eigenvalue weighted by molar-refractivity contribution is -0.204. The molecule has 18 heavy (non-hydrogen) atoms. The van der Waals surface area contributed by atoms with Crippen LogP contribution in [0.25, 0.3) is 0 Å². The van der Waals surface area contributed by atoms with Gasteiger partial charge < -0.3 is 4.74 Å². The third kappa shape index (κ3) is 4.13. The Morgan fingerprint density at radius 3 is 2.44 bits per heavy atom. The molecule has 0 fully saturated rings. The lowest BCUT2D eigenvalue weighted by Crippen LogP contribution is -2.41. The van der Waals surface area contributed by atoms with Gasteiger partial charge in [-0.1, -0.05) is 37.3 Å². The van der Waals surface area contributed by atoms with Gasteiger partial charge in [0.05, 0.1) is 20.3 Å². The minimum Gasteiger partial charge on any atom is -0.468 e. The second-order valence-electron chi connectivity index (χ2n) is 3.93. The third-order valence-corrected chi connectivity index (χ3v) is 2.68. The Balaban J connectivity index is 2.77. The number of methoxy groups -OCH3 is 1. The lowest BCUT2D eigenvalue weighted by Gasteiger charge is -2.27. The fraction of sp³-hybridized carbons (Fsp3) is 0.500. The van der Waals surface area contributed by atoms with Crippen molar-refractivity contribution in [1.29, 1.82) is 0 Å². The summed E-state index contributed by atoms with van der Waals surface area (Å²) in [7, 11) is 1.40. The molecule has 0 radical (unpaired) electrons. The predicted octanol–water partition coefficient (Wildman–Crippen LogP) is 2.39. The Kier molecular flexibility index (Phi) is 6.39. The normalized spacial score (nSPS) is 12.4. The maximum atomic E-state index is 11.7. The van der Waals surface area contributed by atoms with E-state index in [2.05, 4.69) is 0 Å². The Labute approximate surface area is 108 Å². The Hall–Kier alpha value is -1.39. The summed E-state index contributed by atoms with van der Waals surface area (Å²) in [5, 5.41) is 1.70. The van der Waals surface area contributed by atoms with Gasteiger partial charge in [-0.25, -0.2) is 0 Å². The van der Waals surface area contributed by atoms with E-state index < -0.39 is 0 Å². The van der Waals surface area contributed by atoms with Crippen LogP contribution in [0.2, 0.25) is 0 Å². The van der Waals surface area contributed by atoms with Gasteiger partial charge in [0.15, 0.2) is 0 Å². The summed E-state index contributed by atoms with van der Waals surface area (Å²) in [5.41, 5.74) is 1.10. The van der Waals surface area contributed by atoms with Gasteiger partial charge in [-0.2, -0.15) is 5.06 Å². The number of benzene rings is 1. The molecule has 0 aliphatic carbocycles. The van der Waals surface area contributed by atoms with Crippen molar-refractivity contribution in [2.45, 2.75) is 32.9 Å². The number of nitrogens with zero attached hydrogens (tertiary/aromatic N) is 1. The quantitative estimate of drug-likeness (QED) is 0.551. The van der Waals surface area contributed by atoms with E-state index in [1.807, 2.05) is 44.2 Å². The maximum absolute atomic E-state index is 11.7. The molecule has 0 saturated carbocycles. The number of hydroxylamine groups is 2. The van der Waals surface area contributed by atoms with Gasteiger partial charge in [0.25, 0.3) is 0 Å². The number of carbonyl (C=O) groups excluding carboxylic acids is 1. The smallest absolute Gasteiger partial charge is 0.325 e. The molecule has 1 atom stereocenters. The van der Waals surface area contributed by atoms with Crippen LogP contribution in [0.15, 0.2) is 30.3 Å². The summed E-state index contributed by atoms with van der Waals surface area (Å²) in [6.45, 7) is 4.95. The molecule has 0 amide bonds. The Bertz CT molecular complexity index is 353. The molecule has 0 aliphatic heterocycles. The van der Waals surface area contributed by atoms with Crippen LogP contribution in [0.3, 0.4) is 0 Å². The van der Waals surface area contributed by atoms with Crippen LogP contribution in [-0.4, -0.2) is 30.8 Å². The number of esters is 1. The zero-order valence-corrected chi connectivity index (χ0v) is 11.3. The standard InChI is InChI=1S/C14H21NO3/c1-4-13(14(16)17-3)15(18-5-2)11-12-9-7-6-8-10-12/h6-10,13H,4-5,11H2,1-3H3. The lowest BCUT2D eigenvalue weighted by atomic mass is 10.2. The topological polar surface area (TPSA) is 38.8 Å². The van der Waals surface area contributed by atoms with Crippen LogP contribution in [0.1, 0.15) is 25.8 Å². The van der Waals surface area contributed by atoms with Gasteiger partial charge in [0.1, 0.15) is 6.04 Å². The molecular weight excluding hydrogens is 230 g/mol. The van der Waals surface area contributed by atoms with Crippen molar-refractivity contribution in [3.05, 3.63) is 35.9 Å². The minimum absolute atomic E-state index is 0.262. The highest BCUT2D eigenvalue weighted by Gasteiger charge is 2.25. The van der Waals surface area contributed by atoms with Gasteiger partial charge >= 0.3 is 5.97 Å². The number of carbonyl (C=O) groups is 1. The Morgan fingerprint density at radius 2 is 1.94 bits per heavy atom. The van der Waals surface area contributed by atoms with Gasteiger partial charge in [-0.15, -0.1) is 0 Å². The van der Waals surface area contributed by atoms with E-state index in [1.54, 1.807) is 5.06 Å². The van der Waals surface area contributed by atoms with Crippen LogP contribution in [0.5, 0.6) is 0 Å². The van der Waals surface area contributed by atoms with Crippen molar-refractivity contribution >= 4 is 5.97 Å². The highest BCUT2D eigenvalue weighted by molar-refractivity contribution is 5.75. The zero-order chi connectivity index (χ0) is 13.4. The Morgan fingerprint density at radius 1 is 1.28 bits per heavy atom. The molecule has 0 spiro atoms. The van der Waals surface area contributed by atoms with E-state index in [0.717, 1.165) is 5.56 Å². The van der Waals surface area contributed by atoms with Crippen molar-refractivity contribution in [3.8, 4) is 0 Å². The summed E-state index contributed by atoms with van der Waals surface area (Å²) >= 11 is 0. The first-order chi connectivity index (χ1) is 8.72. The summed E-state index contributed by atoms with van der Waals surface area (Å²) in [6.07, 6.45) is 0.652. The molecule has 1 unspecified atom stereocenters. The van der Waals surface area contributed by atoms with Gasteiger partial charge in [0.2, 0.25) is 0 Å². The molecule has 0 aromatic heterocycles. The summed E-state index contributed by atoms with van der Waals surface area (Å²) < 4.78 is 4.81. The van der Waals surface area contributed by atoms with Gasteiger partial charge in [0, 0.05) is 0 Å². The third-order valence-electron chi connectivity index (χ3n) is 2.68. The molecule has 0 aliphatic rings. The molecule has 1 aromatic rings. The number of ether oxygens (including phenoxy) is 1. The van der Waals surface area contributed by atoms with Crippen LogP contribution in [0, 0.1) is 0 Å². The monoisotopic (exact) mass is 251 g/mol. The van der Waals surface area contributed by atoms with Crippen molar-refractivity contribution in [1.82, 2.24) is 5.06 Å². The minimum atomic E-state index is -0.366. The molecule has 0 N–H and O–H groups in total. The summed E-state index contributed by atoms with van der Waals surface area (Å²) in [5.74, 6) is -0.262. The van der Waals surface area contributed by atoms with Gasteiger partial charge in [-0.3, -0.25) is 9.63 Å². The second-order valence-corrected chi connectivity index (χ2v) is 3.93. The maximum Gasteiger partial charge on any atom is 0.325 e. The van der Waals surface area contributed by atoms with Crippen LogP contribution < -0.4 is 0 Å². The van der Waals surface area contributed by atoms with Crippen molar-refractivity contribution in [2.75, 3.05) is 13.7 Å². The van der Waals surface area contributed by atoms with Crippen molar-refractivity contribution in [2.24, 2.45) is 0 Å². The van der Waals surface area contributed by atoms with Crippen LogP contribution >= 0.6 is 0 Å². The first-order valence-electron chi connectivity index (χ1n) is 6.24. The first kappa shape index (κ1) is 14.7. The summed E-state index contributed by atoms with van der Waals surface area (Å²) in [6, 6.07) is 9.56. The number of hydrogen-bond acceptors (Lipinski definition) is 4. The number of rotatable bonds is 7. The molecule has 0 saturated heterocycles. The molecule has 100 valence electrons. The van der Waals surface area contributed by atoms with E-state index in [-0.39, 0.29) is 12.0 Å². The molecule has 1 aromatic carbocycles. The molecule has 4 heteroatoms. The fourth-order valence-corrected chi connectivity index (χ4v) is 1.80. The molecular formula is C14H21NO3. The van der Waals surface area contributed by atoms with Gasteiger partial charge in [-0.05, 0) is 18.9 Å². The van der Waals surface area contributed by atoms with Crippen LogP contribution in [-0.2, 0) is 20.9 Å². The SMILES string of the molecule is CCON(Cc1ccccc1)C(CC)C(=O)OC. The fourth-order valence-electron chi connectivity index (χ4n) is 1.80. The first-order valence-corrected chi connectivity index (χ1v) is 6.24. The van der Waals surface area contributed by atoms with Crippen LogP contribution in [0.4, 0.5) is 0 Å². The number of hydrogen-bond donors (Lipinski definition) is 0. The molecule has 1 rings (SSSR count). The van der Waals surface area contributed by atoms with E-state index in [1.165, 1.54) is 7.11 Å². The van der Waals surface area contributed by atoms with E-state index in [0.29, 0.717) is 19.6 Å². The molecule has 4 nitrogen and oxygen atoms in total. The molecule has 0 heterocycles. The van der Waals surface area contributed by atoms with Crippen molar-refractivity contribution < 1.29 is 14.4 Å². The molecule has 0 bridgehead atoms. The highest BCUT2D eigenvalue weighted by atomic mass is 16.7. The zero-order valence-electron chi connectivity index (χ0n) is 11.3. The largest absolute Gasteiger partial charge is 0.468 e. The van der Waals surface area contributed by atoms with E-state index >= 15 is 0 Å². The predicted molar refractivity (Wildman–Crippen MR) is 69.7 cm³/mol. The average Bonchev–Trinajstić information content (AvgIpc) is 2.40. The second kappa shape index (κ2) is 7.84. The van der Waals surface area contributed by atoms with Crippen molar-refractivity contribution in [3.63, 3.8) is 0 Å². The van der Waals surface area contributed by atoms with E-state index in [4.69, 9.17) is 9.57 Å². The average molecular weight is 251 g/mol. The summed E-state index contributed by atoms with van der Waals surface area (Å²) in [4.78, 5) is 17.3. The highest BCUT2D eigenvalue weighted by Crippen LogP contribution is 2.12.